The van der Waals surface area contributed by atoms with Crippen molar-refractivity contribution >= 4 is 17.8 Å². The Bertz CT molecular complexity index is 724. The molecular weight excluding hydrogens is 382 g/mol. The van der Waals surface area contributed by atoms with Gasteiger partial charge in [0.05, 0.1) is 17.7 Å². The molecule has 0 saturated carbocycles. The van der Waals surface area contributed by atoms with Crippen molar-refractivity contribution in [2.75, 3.05) is 53.5 Å². The third kappa shape index (κ3) is 5.58. The zero-order chi connectivity index (χ0) is 21.3. The molecule has 8 nitrogen and oxygen atoms in total. The molecule has 0 aliphatic carbocycles. The Morgan fingerprint density at radius 1 is 1.10 bits per heavy atom. The smallest absolute Gasteiger partial charge is 0.261 e. The molecule has 2 aliphatic heterocycles. The number of amides is 2. The predicted octanol–water partition coefficient (Wildman–Crippen LogP) is 1.34. The molecule has 2 aliphatic rings. The van der Waals surface area contributed by atoms with Gasteiger partial charge in [0.1, 0.15) is 0 Å². The van der Waals surface area contributed by atoms with E-state index in [0.717, 1.165) is 64.4 Å². The van der Waals surface area contributed by atoms with Crippen LogP contribution in [0, 0.1) is 0 Å². The van der Waals surface area contributed by atoms with E-state index in [0.29, 0.717) is 23.7 Å². The average molecular weight is 416 g/mol. The Hall–Kier alpha value is -2.45. The van der Waals surface area contributed by atoms with Crippen molar-refractivity contribution in [3.63, 3.8) is 0 Å². The lowest BCUT2D eigenvalue weighted by molar-refractivity contribution is 0.0652. The van der Waals surface area contributed by atoms with E-state index in [-0.39, 0.29) is 11.8 Å². The highest BCUT2D eigenvalue weighted by molar-refractivity contribution is 6.21. The molecule has 1 saturated heterocycles. The summed E-state index contributed by atoms with van der Waals surface area (Å²) in [5.74, 6) is 0.446. The predicted molar refractivity (Wildman–Crippen MR) is 117 cm³/mol. The van der Waals surface area contributed by atoms with Crippen molar-refractivity contribution in [1.29, 1.82) is 0 Å². The molecule has 1 aromatic rings. The summed E-state index contributed by atoms with van der Waals surface area (Å²) in [7, 11) is 3.52. The second kappa shape index (κ2) is 11.1. The summed E-state index contributed by atoms with van der Waals surface area (Å²) in [6.07, 6.45) is 3.78. The van der Waals surface area contributed by atoms with Gasteiger partial charge in [-0.3, -0.25) is 19.5 Å². The Labute approximate surface area is 178 Å². The molecule has 2 N–H and O–H groups in total. The summed E-state index contributed by atoms with van der Waals surface area (Å²) in [5.41, 5.74) is 1.02. The van der Waals surface area contributed by atoms with E-state index < -0.39 is 0 Å². The number of hydrogen-bond donors (Lipinski definition) is 2. The molecule has 0 spiro atoms. The van der Waals surface area contributed by atoms with Crippen molar-refractivity contribution in [2.45, 2.75) is 31.7 Å². The van der Waals surface area contributed by atoms with Gasteiger partial charge in [-0.25, -0.2) is 0 Å². The number of hydrogen-bond acceptors (Lipinski definition) is 5. The van der Waals surface area contributed by atoms with Crippen LogP contribution >= 0.6 is 0 Å². The topological polar surface area (TPSA) is 86.3 Å². The quantitative estimate of drug-likeness (QED) is 0.274. The van der Waals surface area contributed by atoms with E-state index in [9.17, 15) is 9.59 Å². The van der Waals surface area contributed by atoms with E-state index >= 15 is 0 Å². The van der Waals surface area contributed by atoms with Gasteiger partial charge in [0.15, 0.2) is 5.96 Å². The lowest BCUT2D eigenvalue weighted by Crippen LogP contribution is -2.49. The molecule has 1 aromatic carbocycles. The molecule has 2 amide bonds. The van der Waals surface area contributed by atoms with Crippen LogP contribution in [0.25, 0.3) is 0 Å². The van der Waals surface area contributed by atoms with Gasteiger partial charge in [0.25, 0.3) is 11.8 Å². The fraction of sp³-hybridized carbons (Fsp3) is 0.591. The molecular formula is C22H33N5O3. The average Bonchev–Trinajstić information content (AvgIpc) is 3.02. The molecule has 0 radical (unpaired) electrons. The van der Waals surface area contributed by atoms with Crippen molar-refractivity contribution < 1.29 is 14.3 Å². The maximum atomic E-state index is 12.4. The van der Waals surface area contributed by atoms with Crippen LogP contribution in [0.1, 0.15) is 46.4 Å². The SMILES string of the molecule is CN=C(NCCCCN1C(=O)c2ccccc2C1=O)NC1CCN(CCOC)CC1. The summed E-state index contributed by atoms with van der Waals surface area (Å²) in [4.78, 5) is 32.9. The minimum absolute atomic E-state index is 0.183. The number of guanidine groups is 1. The number of carbonyl (C=O) groups excluding carboxylic acids is 2. The first-order valence-corrected chi connectivity index (χ1v) is 10.8. The van der Waals surface area contributed by atoms with Crippen LogP contribution in [-0.2, 0) is 4.74 Å². The number of likely N-dealkylation sites (tertiary alicyclic amines) is 1. The van der Waals surface area contributed by atoms with Gasteiger partial charge in [0, 0.05) is 52.9 Å². The zero-order valence-corrected chi connectivity index (χ0v) is 18.0. The van der Waals surface area contributed by atoms with Crippen molar-refractivity contribution in [1.82, 2.24) is 20.4 Å². The van der Waals surface area contributed by atoms with E-state index in [2.05, 4.69) is 20.5 Å². The Kier molecular flexibility index (Phi) is 8.21. The van der Waals surface area contributed by atoms with Crippen molar-refractivity contribution in [3.8, 4) is 0 Å². The van der Waals surface area contributed by atoms with Crippen LogP contribution in [0.4, 0.5) is 0 Å². The molecule has 1 fully saturated rings. The largest absolute Gasteiger partial charge is 0.383 e. The van der Waals surface area contributed by atoms with Crippen LogP contribution in [0.5, 0.6) is 0 Å². The minimum Gasteiger partial charge on any atom is -0.383 e. The van der Waals surface area contributed by atoms with Crippen LogP contribution < -0.4 is 10.6 Å². The van der Waals surface area contributed by atoms with Crippen LogP contribution in [0.2, 0.25) is 0 Å². The highest BCUT2D eigenvalue weighted by atomic mass is 16.5. The first kappa shape index (κ1) is 22.2. The van der Waals surface area contributed by atoms with Gasteiger partial charge in [-0.1, -0.05) is 12.1 Å². The van der Waals surface area contributed by atoms with Gasteiger partial charge in [0.2, 0.25) is 0 Å². The number of nitrogens with zero attached hydrogens (tertiary/aromatic N) is 3. The number of methoxy groups -OCH3 is 1. The number of imide groups is 1. The van der Waals surface area contributed by atoms with E-state index in [1.165, 1.54) is 4.90 Å². The van der Waals surface area contributed by atoms with E-state index in [1.807, 2.05) is 0 Å². The molecule has 0 unspecified atom stereocenters. The molecule has 2 heterocycles. The number of rotatable bonds is 9. The number of piperidine rings is 1. The molecule has 3 rings (SSSR count). The normalized spacial score (nSPS) is 18.1. The summed E-state index contributed by atoms with van der Waals surface area (Å²) in [5, 5.41) is 6.85. The number of fused-ring (bicyclic) bond motifs is 1. The summed E-state index contributed by atoms with van der Waals surface area (Å²) >= 11 is 0. The maximum absolute atomic E-state index is 12.4. The highest BCUT2D eigenvalue weighted by Gasteiger charge is 2.34. The lowest BCUT2D eigenvalue weighted by atomic mass is 10.1. The zero-order valence-electron chi connectivity index (χ0n) is 18.0. The monoisotopic (exact) mass is 415 g/mol. The van der Waals surface area contributed by atoms with Gasteiger partial charge in [-0.05, 0) is 37.8 Å². The van der Waals surface area contributed by atoms with Crippen molar-refractivity contribution in [2.24, 2.45) is 4.99 Å². The molecule has 0 atom stereocenters. The minimum atomic E-state index is -0.183. The van der Waals surface area contributed by atoms with Crippen LogP contribution in [0.15, 0.2) is 29.3 Å². The summed E-state index contributed by atoms with van der Waals surface area (Å²) in [6.45, 7) is 5.09. The lowest BCUT2D eigenvalue weighted by Gasteiger charge is -2.32. The number of aliphatic imine (C=N–C) groups is 1. The number of unbranched alkanes of at least 4 members (excludes halogenated alkanes) is 1. The third-order valence-corrected chi connectivity index (χ3v) is 5.74. The molecule has 164 valence electrons. The molecule has 0 bridgehead atoms. The number of nitrogens with one attached hydrogen (secondary N) is 2. The fourth-order valence-electron chi connectivity index (χ4n) is 3.95. The first-order chi connectivity index (χ1) is 14.6. The molecule has 0 aromatic heterocycles. The van der Waals surface area contributed by atoms with Gasteiger partial charge in [-0.15, -0.1) is 0 Å². The number of carbonyl (C=O) groups is 2. The van der Waals surface area contributed by atoms with Gasteiger partial charge >= 0.3 is 0 Å². The molecule has 8 heteroatoms. The second-order valence-electron chi connectivity index (χ2n) is 7.77. The van der Waals surface area contributed by atoms with E-state index in [4.69, 9.17) is 4.74 Å². The van der Waals surface area contributed by atoms with Crippen molar-refractivity contribution in [3.05, 3.63) is 35.4 Å². The standard InChI is InChI=1S/C22H33N5O3/c1-23-22(25-17-9-13-26(14-10-17)15-16-30-2)24-11-5-6-12-27-20(28)18-7-3-4-8-19(18)21(27)29/h3-4,7-8,17H,5-6,9-16H2,1-2H3,(H2,23,24,25). The van der Waals surface area contributed by atoms with Gasteiger partial charge in [-0.2, -0.15) is 0 Å². The summed E-state index contributed by atoms with van der Waals surface area (Å²) in [6, 6.07) is 7.44. The van der Waals surface area contributed by atoms with Gasteiger partial charge < -0.3 is 20.3 Å². The fourth-order valence-corrected chi connectivity index (χ4v) is 3.95. The maximum Gasteiger partial charge on any atom is 0.261 e. The number of benzene rings is 1. The molecule has 30 heavy (non-hydrogen) atoms. The first-order valence-electron chi connectivity index (χ1n) is 10.8. The van der Waals surface area contributed by atoms with Crippen LogP contribution in [-0.4, -0.2) is 87.1 Å². The Morgan fingerprint density at radius 3 is 2.37 bits per heavy atom. The second-order valence-corrected chi connectivity index (χ2v) is 7.77. The summed E-state index contributed by atoms with van der Waals surface area (Å²) < 4.78 is 5.15. The Morgan fingerprint density at radius 2 is 1.77 bits per heavy atom. The third-order valence-electron chi connectivity index (χ3n) is 5.74. The number of ether oxygens (including phenoxy) is 1. The van der Waals surface area contributed by atoms with Crippen LogP contribution in [0.3, 0.4) is 0 Å². The highest BCUT2D eigenvalue weighted by Crippen LogP contribution is 2.22. The Balaban J connectivity index is 1.32. The van der Waals surface area contributed by atoms with E-state index in [1.54, 1.807) is 38.4 Å².